The number of fused-ring (bicyclic) bond motifs is 1. The topological polar surface area (TPSA) is 24.1 Å². The zero-order chi connectivity index (χ0) is 12.8. The first-order valence-electron chi connectivity index (χ1n) is 7.24. The van der Waals surface area contributed by atoms with E-state index in [1.807, 2.05) is 7.05 Å². The summed E-state index contributed by atoms with van der Waals surface area (Å²) in [5.74, 6) is 0.793. The minimum absolute atomic E-state index is 0.793. The fraction of sp³-hybridized carbons (Fsp3) is 0.625. The molecular formula is C16H26N2. The lowest BCUT2D eigenvalue weighted by Crippen LogP contribution is -2.27. The number of rotatable bonds is 6. The van der Waals surface area contributed by atoms with Crippen molar-refractivity contribution < 1.29 is 0 Å². The third kappa shape index (κ3) is 3.56. The molecule has 0 aromatic rings. The first-order chi connectivity index (χ1) is 8.81. The van der Waals surface area contributed by atoms with Crippen molar-refractivity contribution in [1.29, 1.82) is 0 Å². The van der Waals surface area contributed by atoms with Crippen LogP contribution in [-0.4, -0.2) is 26.7 Å². The lowest BCUT2D eigenvalue weighted by atomic mass is 9.75. The molecule has 0 aromatic heterocycles. The molecule has 0 saturated heterocycles. The Labute approximate surface area is 111 Å². The fourth-order valence-corrected chi connectivity index (χ4v) is 2.98. The van der Waals surface area contributed by atoms with E-state index in [9.17, 15) is 0 Å². The van der Waals surface area contributed by atoms with Crippen molar-refractivity contribution in [2.45, 2.75) is 32.1 Å². The van der Waals surface area contributed by atoms with E-state index < -0.39 is 0 Å². The van der Waals surface area contributed by atoms with Gasteiger partial charge in [-0.2, -0.15) is 0 Å². The molecule has 2 nitrogen and oxygen atoms in total. The van der Waals surface area contributed by atoms with Crippen LogP contribution in [0.1, 0.15) is 32.1 Å². The zero-order valence-corrected chi connectivity index (χ0v) is 11.6. The van der Waals surface area contributed by atoms with Gasteiger partial charge < -0.3 is 10.6 Å². The molecule has 0 radical (unpaired) electrons. The standard InChI is InChI=1S/C16H26N2/c1-13-11-14(7-8-18-10-9-17-2)12-15-5-3-4-6-16(13)15/h5-6,14,17-18H,1,3-4,7-12H2,2H3. The molecule has 0 aliphatic heterocycles. The Morgan fingerprint density at radius 2 is 2.00 bits per heavy atom. The second-order valence-corrected chi connectivity index (χ2v) is 5.44. The van der Waals surface area contributed by atoms with Crippen LogP contribution in [0.25, 0.3) is 0 Å². The third-order valence-corrected chi connectivity index (χ3v) is 3.96. The van der Waals surface area contributed by atoms with Crippen LogP contribution in [0, 0.1) is 5.92 Å². The maximum atomic E-state index is 4.27. The molecule has 1 fully saturated rings. The monoisotopic (exact) mass is 246 g/mol. The van der Waals surface area contributed by atoms with Crippen molar-refractivity contribution >= 4 is 0 Å². The Balaban J connectivity index is 1.77. The highest BCUT2D eigenvalue weighted by Gasteiger charge is 2.23. The number of likely N-dealkylation sites (N-methyl/N-ethyl adjacent to an activating group) is 1. The van der Waals surface area contributed by atoms with Crippen LogP contribution in [0.3, 0.4) is 0 Å². The van der Waals surface area contributed by atoms with Crippen LogP contribution in [-0.2, 0) is 0 Å². The van der Waals surface area contributed by atoms with Crippen molar-refractivity contribution in [3.8, 4) is 0 Å². The third-order valence-electron chi connectivity index (χ3n) is 3.96. The molecule has 18 heavy (non-hydrogen) atoms. The largest absolute Gasteiger partial charge is 0.318 e. The molecule has 2 aliphatic rings. The van der Waals surface area contributed by atoms with E-state index in [2.05, 4.69) is 29.4 Å². The second-order valence-electron chi connectivity index (χ2n) is 5.44. The van der Waals surface area contributed by atoms with Crippen LogP contribution in [0.15, 0.2) is 35.5 Å². The zero-order valence-electron chi connectivity index (χ0n) is 11.6. The lowest BCUT2D eigenvalue weighted by molar-refractivity contribution is 0.445. The Hall–Kier alpha value is -0.860. The van der Waals surface area contributed by atoms with Crippen LogP contribution in [0.5, 0.6) is 0 Å². The lowest BCUT2D eigenvalue weighted by Gasteiger charge is -2.30. The van der Waals surface area contributed by atoms with Gasteiger partial charge in [-0.05, 0) is 68.3 Å². The summed E-state index contributed by atoms with van der Waals surface area (Å²) in [6, 6.07) is 0. The van der Waals surface area contributed by atoms with Crippen molar-refractivity contribution in [2.24, 2.45) is 5.92 Å². The molecular weight excluding hydrogens is 220 g/mol. The quantitative estimate of drug-likeness (QED) is 0.704. The maximum absolute atomic E-state index is 4.27. The van der Waals surface area contributed by atoms with Crippen molar-refractivity contribution in [2.75, 3.05) is 26.7 Å². The van der Waals surface area contributed by atoms with Crippen molar-refractivity contribution in [3.05, 3.63) is 35.5 Å². The first kappa shape index (κ1) is 13.6. The molecule has 100 valence electrons. The van der Waals surface area contributed by atoms with Gasteiger partial charge in [0.1, 0.15) is 0 Å². The van der Waals surface area contributed by atoms with Gasteiger partial charge in [0.2, 0.25) is 0 Å². The minimum Gasteiger partial charge on any atom is -0.318 e. The number of hydrogen-bond donors (Lipinski definition) is 2. The summed E-state index contributed by atoms with van der Waals surface area (Å²) >= 11 is 0. The van der Waals surface area contributed by atoms with Gasteiger partial charge in [0.05, 0.1) is 0 Å². The van der Waals surface area contributed by atoms with Gasteiger partial charge in [-0.3, -0.25) is 0 Å². The molecule has 1 unspecified atom stereocenters. The smallest absolute Gasteiger partial charge is 0.00766 e. The molecule has 0 bridgehead atoms. The summed E-state index contributed by atoms with van der Waals surface area (Å²) in [4.78, 5) is 0. The average Bonchev–Trinajstić information content (AvgIpc) is 2.39. The summed E-state index contributed by atoms with van der Waals surface area (Å²) in [6.45, 7) is 7.52. The number of nitrogens with one attached hydrogen (secondary N) is 2. The molecule has 0 aromatic carbocycles. The Bertz CT molecular complexity index is 352. The molecule has 2 heteroatoms. The Kier molecular flexibility index (Phi) is 5.21. The van der Waals surface area contributed by atoms with E-state index in [0.717, 1.165) is 25.6 Å². The number of allylic oxidation sites excluding steroid dienone is 5. The highest BCUT2D eigenvalue weighted by atomic mass is 14.9. The summed E-state index contributed by atoms with van der Waals surface area (Å²) < 4.78 is 0. The van der Waals surface area contributed by atoms with Crippen LogP contribution < -0.4 is 10.6 Å². The SMILES string of the molecule is C=C1CC(CCNCCNC)CC2=CCCC=C12. The van der Waals surface area contributed by atoms with Gasteiger partial charge in [0.25, 0.3) is 0 Å². The summed E-state index contributed by atoms with van der Waals surface area (Å²) in [5.41, 5.74) is 4.41. The van der Waals surface area contributed by atoms with Crippen LogP contribution in [0.2, 0.25) is 0 Å². The van der Waals surface area contributed by atoms with E-state index in [1.54, 1.807) is 5.57 Å². The molecule has 0 spiro atoms. The van der Waals surface area contributed by atoms with Crippen LogP contribution >= 0.6 is 0 Å². The Morgan fingerprint density at radius 1 is 1.17 bits per heavy atom. The predicted molar refractivity (Wildman–Crippen MR) is 78.7 cm³/mol. The van der Waals surface area contributed by atoms with E-state index in [1.165, 1.54) is 43.3 Å². The molecule has 2 N–H and O–H groups in total. The maximum Gasteiger partial charge on any atom is 0.00766 e. The molecule has 2 rings (SSSR count). The van der Waals surface area contributed by atoms with Gasteiger partial charge in [-0.15, -0.1) is 0 Å². The molecule has 0 amide bonds. The summed E-state index contributed by atoms with van der Waals surface area (Å²) in [5, 5.41) is 6.65. The molecule has 2 aliphatic carbocycles. The van der Waals surface area contributed by atoms with Gasteiger partial charge in [-0.25, -0.2) is 0 Å². The van der Waals surface area contributed by atoms with Crippen molar-refractivity contribution in [1.82, 2.24) is 10.6 Å². The van der Waals surface area contributed by atoms with E-state index in [4.69, 9.17) is 0 Å². The Morgan fingerprint density at radius 3 is 2.83 bits per heavy atom. The molecule has 1 saturated carbocycles. The molecule has 1 atom stereocenters. The normalized spacial score (nSPS) is 23.4. The van der Waals surface area contributed by atoms with E-state index in [-0.39, 0.29) is 0 Å². The predicted octanol–water partition coefficient (Wildman–Crippen LogP) is 2.80. The number of hydrogen-bond acceptors (Lipinski definition) is 2. The fourth-order valence-electron chi connectivity index (χ4n) is 2.98. The van der Waals surface area contributed by atoms with Gasteiger partial charge in [0.15, 0.2) is 0 Å². The van der Waals surface area contributed by atoms with Gasteiger partial charge >= 0.3 is 0 Å². The second kappa shape index (κ2) is 6.91. The van der Waals surface area contributed by atoms with Crippen LogP contribution in [0.4, 0.5) is 0 Å². The minimum atomic E-state index is 0.793. The summed E-state index contributed by atoms with van der Waals surface area (Å²) in [6.07, 6.45) is 11.0. The molecule has 0 heterocycles. The first-order valence-corrected chi connectivity index (χ1v) is 7.24. The highest BCUT2D eigenvalue weighted by Crippen LogP contribution is 2.39. The van der Waals surface area contributed by atoms with Gasteiger partial charge in [0, 0.05) is 13.1 Å². The van der Waals surface area contributed by atoms with Crippen molar-refractivity contribution in [3.63, 3.8) is 0 Å². The van der Waals surface area contributed by atoms with E-state index in [0.29, 0.717) is 0 Å². The van der Waals surface area contributed by atoms with E-state index >= 15 is 0 Å². The highest BCUT2D eigenvalue weighted by molar-refractivity contribution is 5.49. The summed E-state index contributed by atoms with van der Waals surface area (Å²) in [7, 11) is 2.00. The van der Waals surface area contributed by atoms with Gasteiger partial charge in [-0.1, -0.05) is 18.7 Å². The average molecular weight is 246 g/mol.